The van der Waals surface area contributed by atoms with Crippen molar-refractivity contribution in [2.75, 3.05) is 0 Å². The van der Waals surface area contributed by atoms with Crippen molar-refractivity contribution in [1.29, 1.82) is 0 Å². The topological polar surface area (TPSA) is 110 Å². The second kappa shape index (κ2) is 8.73. The summed E-state index contributed by atoms with van der Waals surface area (Å²) in [4.78, 5) is 0.195. The van der Waals surface area contributed by atoms with Gasteiger partial charge in [-0.2, -0.15) is 15.3 Å². The molecule has 1 unspecified atom stereocenters. The lowest BCUT2D eigenvalue weighted by Crippen LogP contribution is -1.86. The van der Waals surface area contributed by atoms with E-state index in [2.05, 4.69) is 20.5 Å². The van der Waals surface area contributed by atoms with E-state index in [1.54, 1.807) is 42.5 Å². The van der Waals surface area contributed by atoms with Gasteiger partial charge in [0.25, 0.3) is 0 Å². The number of phenolic OH excluding ortho intramolecular Hbond substituents is 1. The van der Waals surface area contributed by atoms with Crippen LogP contribution in [0.15, 0.2) is 110 Å². The molecule has 0 aliphatic carbocycles. The van der Waals surface area contributed by atoms with E-state index in [1.165, 1.54) is 12.1 Å². The molecule has 1 atom stereocenters. The van der Waals surface area contributed by atoms with Gasteiger partial charge in [0.15, 0.2) is 0 Å². The minimum absolute atomic E-state index is 0.0645. The molecule has 1 N–H and O–H groups in total. The fourth-order valence-electron chi connectivity index (χ4n) is 2.78. The van der Waals surface area contributed by atoms with Gasteiger partial charge in [0.05, 0.1) is 17.1 Å². The number of fused-ring (bicyclic) bond motifs is 1. The van der Waals surface area contributed by atoms with Crippen molar-refractivity contribution in [2.45, 2.75) is 4.90 Å². The standard InChI is InChI=1S/C22H16N4O3S/c27-21-14-5-15-3-1-2-4-20(15)22(21)26-25-17-8-6-16(7-9-17)23-24-18-10-12-19(13-11-18)30(28)29/h1-14,27H,(H,28,29)/p-1. The predicted molar refractivity (Wildman–Crippen MR) is 114 cm³/mol. The van der Waals surface area contributed by atoms with Gasteiger partial charge in [0.1, 0.15) is 11.4 Å². The molecule has 0 heterocycles. The van der Waals surface area contributed by atoms with Crippen LogP contribution >= 0.6 is 0 Å². The summed E-state index contributed by atoms with van der Waals surface area (Å²) in [6.45, 7) is 0. The summed E-state index contributed by atoms with van der Waals surface area (Å²) in [5, 5.41) is 28.6. The number of aromatic hydroxyl groups is 1. The average Bonchev–Trinajstić information content (AvgIpc) is 2.78. The largest absolute Gasteiger partial charge is 0.768 e. The summed E-state index contributed by atoms with van der Waals surface area (Å²) in [6.07, 6.45) is 0. The summed E-state index contributed by atoms with van der Waals surface area (Å²) in [6, 6.07) is 24.1. The Bertz CT molecular complexity index is 1270. The Morgan fingerprint density at radius 1 is 0.667 bits per heavy atom. The maximum Gasteiger partial charge on any atom is 0.143 e. The Labute approximate surface area is 174 Å². The van der Waals surface area contributed by atoms with Crippen LogP contribution in [0.2, 0.25) is 0 Å². The minimum atomic E-state index is -2.26. The molecule has 4 aromatic carbocycles. The molecule has 8 heteroatoms. The monoisotopic (exact) mass is 415 g/mol. The second-order valence-corrected chi connectivity index (χ2v) is 7.24. The number of hydrogen-bond donors (Lipinski definition) is 1. The number of hydrogen-bond acceptors (Lipinski definition) is 7. The molecule has 0 saturated carbocycles. The van der Waals surface area contributed by atoms with Gasteiger partial charge in [-0.15, -0.1) is 5.11 Å². The first kappa shape index (κ1) is 19.6. The molecule has 0 aromatic heterocycles. The molecular formula is C22H15N4O3S-. The quantitative estimate of drug-likeness (QED) is 0.292. The van der Waals surface area contributed by atoms with Gasteiger partial charge in [0.2, 0.25) is 0 Å². The van der Waals surface area contributed by atoms with Crippen molar-refractivity contribution in [2.24, 2.45) is 20.5 Å². The normalized spacial score (nSPS) is 12.7. The van der Waals surface area contributed by atoms with Crippen molar-refractivity contribution in [3.8, 4) is 5.75 Å². The van der Waals surface area contributed by atoms with Crippen molar-refractivity contribution >= 4 is 44.6 Å². The van der Waals surface area contributed by atoms with E-state index in [4.69, 9.17) is 0 Å². The summed E-state index contributed by atoms with van der Waals surface area (Å²) in [5.74, 6) is 0.0645. The highest BCUT2D eigenvalue weighted by Crippen LogP contribution is 2.36. The first-order chi connectivity index (χ1) is 14.6. The molecule has 0 saturated heterocycles. The van der Waals surface area contributed by atoms with Crippen molar-refractivity contribution in [3.63, 3.8) is 0 Å². The molecule has 0 spiro atoms. The first-order valence-electron chi connectivity index (χ1n) is 8.94. The molecular weight excluding hydrogens is 400 g/mol. The zero-order chi connectivity index (χ0) is 20.9. The van der Waals surface area contributed by atoms with Gasteiger partial charge in [-0.3, -0.25) is 4.21 Å². The third kappa shape index (κ3) is 4.45. The van der Waals surface area contributed by atoms with Gasteiger partial charge in [0, 0.05) is 10.3 Å². The summed E-state index contributed by atoms with van der Waals surface area (Å²) >= 11 is -2.26. The van der Waals surface area contributed by atoms with Crippen LogP contribution in [0, 0.1) is 0 Å². The van der Waals surface area contributed by atoms with Gasteiger partial charge in [-0.05, 0) is 71.1 Å². The lowest BCUT2D eigenvalue weighted by Gasteiger charge is -2.04. The van der Waals surface area contributed by atoms with Crippen LogP contribution in [0.4, 0.5) is 22.7 Å². The summed E-state index contributed by atoms with van der Waals surface area (Å²) < 4.78 is 21.7. The lowest BCUT2D eigenvalue weighted by molar-refractivity contribution is 0.477. The maximum absolute atomic E-state index is 10.9. The Morgan fingerprint density at radius 3 is 1.80 bits per heavy atom. The Hall–Kier alpha value is -3.75. The van der Waals surface area contributed by atoms with Gasteiger partial charge >= 0.3 is 0 Å². The highest BCUT2D eigenvalue weighted by Gasteiger charge is 2.05. The summed E-state index contributed by atoms with van der Waals surface area (Å²) in [5.41, 5.74) is 2.17. The van der Waals surface area contributed by atoms with E-state index in [0.717, 1.165) is 10.8 Å². The molecule has 148 valence electrons. The fourth-order valence-corrected chi connectivity index (χ4v) is 3.14. The zero-order valence-corrected chi connectivity index (χ0v) is 16.4. The number of nitrogens with zero attached hydrogens (tertiary/aromatic N) is 4. The molecule has 4 rings (SSSR count). The van der Waals surface area contributed by atoms with Crippen molar-refractivity contribution in [1.82, 2.24) is 0 Å². The zero-order valence-electron chi connectivity index (χ0n) is 15.5. The van der Waals surface area contributed by atoms with Crippen LogP contribution in [0.1, 0.15) is 0 Å². The molecule has 0 aliphatic rings. The average molecular weight is 415 g/mol. The summed E-state index contributed by atoms with van der Waals surface area (Å²) in [7, 11) is 0. The van der Waals surface area contributed by atoms with E-state index < -0.39 is 11.1 Å². The predicted octanol–water partition coefficient (Wildman–Crippen LogP) is 6.61. The molecule has 0 fully saturated rings. The Morgan fingerprint density at radius 2 is 1.20 bits per heavy atom. The minimum Gasteiger partial charge on any atom is -0.768 e. The van der Waals surface area contributed by atoms with E-state index in [0.29, 0.717) is 22.7 Å². The first-order valence-corrected chi connectivity index (χ1v) is 10.0. The van der Waals surface area contributed by atoms with Crippen molar-refractivity contribution < 1.29 is 13.9 Å². The molecule has 4 aromatic rings. The molecule has 7 nitrogen and oxygen atoms in total. The Kier molecular flexibility index (Phi) is 5.69. The van der Waals surface area contributed by atoms with Crippen LogP contribution < -0.4 is 0 Å². The number of phenols is 1. The highest BCUT2D eigenvalue weighted by molar-refractivity contribution is 7.79. The third-order valence-electron chi connectivity index (χ3n) is 4.30. The van der Waals surface area contributed by atoms with Crippen LogP contribution in [0.3, 0.4) is 0 Å². The van der Waals surface area contributed by atoms with Crippen LogP contribution in [-0.4, -0.2) is 13.9 Å². The van der Waals surface area contributed by atoms with Gasteiger partial charge in [-0.1, -0.05) is 30.3 Å². The number of benzene rings is 4. The van der Waals surface area contributed by atoms with E-state index in [-0.39, 0.29) is 10.6 Å². The second-order valence-electron chi connectivity index (χ2n) is 6.30. The SMILES string of the molecule is O=S([O-])c1ccc(N=Nc2ccc(N=Nc3c(O)ccc4ccccc34)cc2)cc1. The molecule has 0 bridgehead atoms. The van der Waals surface area contributed by atoms with Crippen molar-refractivity contribution in [3.05, 3.63) is 84.9 Å². The molecule has 0 radical (unpaired) electrons. The van der Waals surface area contributed by atoms with E-state index in [1.807, 2.05) is 30.3 Å². The molecule has 0 amide bonds. The van der Waals surface area contributed by atoms with Crippen LogP contribution in [0.5, 0.6) is 5.75 Å². The maximum atomic E-state index is 10.9. The molecule has 0 aliphatic heterocycles. The Balaban J connectivity index is 1.50. The van der Waals surface area contributed by atoms with E-state index in [9.17, 15) is 13.9 Å². The van der Waals surface area contributed by atoms with Crippen LogP contribution in [0.25, 0.3) is 10.8 Å². The smallest absolute Gasteiger partial charge is 0.143 e. The third-order valence-corrected chi connectivity index (χ3v) is 4.96. The molecule has 30 heavy (non-hydrogen) atoms. The number of rotatable bonds is 5. The van der Waals surface area contributed by atoms with Gasteiger partial charge in [-0.25, -0.2) is 0 Å². The van der Waals surface area contributed by atoms with Crippen LogP contribution in [-0.2, 0) is 11.1 Å². The number of azo groups is 2. The van der Waals surface area contributed by atoms with Gasteiger partial charge < -0.3 is 9.66 Å². The lowest BCUT2D eigenvalue weighted by atomic mass is 10.1. The fraction of sp³-hybridized carbons (Fsp3) is 0. The highest BCUT2D eigenvalue weighted by atomic mass is 32.2. The van der Waals surface area contributed by atoms with E-state index >= 15 is 0 Å².